The van der Waals surface area contributed by atoms with Crippen LogP contribution in [0.5, 0.6) is 5.75 Å². The Morgan fingerprint density at radius 3 is 2.15 bits per heavy atom. The van der Waals surface area contributed by atoms with E-state index in [1.807, 2.05) is 0 Å². The first-order valence-electron chi connectivity index (χ1n) is 9.23. The summed E-state index contributed by atoms with van der Waals surface area (Å²) in [7, 11) is -3.81. The summed E-state index contributed by atoms with van der Waals surface area (Å²) in [6.45, 7) is 0.399. The van der Waals surface area contributed by atoms with Gasteiger partial charge in [-0.2, -0.15) is 26.3 Å². The van der Waals surface area contributed by atoms with E-state index in [-0.39, 0.29) is 27.1 Å². The summed E-state index contributed by atoms with van der Waals surface area (Å²) in [6.07, 6.45) is -10.8. The van der Waals surface area contributed by atoms with Gasteiger partial charge < -0.3 is 9.64 Å². The minimum atomic E-state index is -4.75. The molecule has 13 heteroatoms. The first-order valence-corrected chi connectivity index (χ1v) is 12.2. The number of ether oxygens (including phenoxy) is 1. The molecule has 0 N–H and O–H groups in total. The van der Waals surface area contributed by atoms with Crippen molar-refractivity contribution >= 4 is 38.3 Å². The predicted molar refractivity (Wildman–Crippen MR) is 113 cm³/mol. The smallest absolute Gasteiger partial charge is 0.425 e. The summed E-state index contributed by atoms with van der Waals surface area (Å²) in [5, 5.41) is 0. The molecule has 3 rings (SSSR count). The van der Waals surface area contributed by atoms with Gasteiger partial charge in [-0.1, -0.05) is 0 Å². The molecule has 0 bridgehead atoms. The van der Waals surface area contributed by atoms with E-state index in [1.165, 1.54) is 28.7 Å². The number of fused-ring (bicyclic) bond motifs is 1. The number of halogens is 7. The van der Waals surface area contributed by atoms with Crippen molar-refractivity contribution in [3.05, 3.63) is 56.2 Å². The molecular weight excluding hydrogens is 591 g/mol. The molecule has 180 valence electrons. The second kappa shape index (κ2) is 8.64. The fourth-order valence-corrected chi connectivity index (χ4v) is 4.70. The van der Waals surface area contributed by atoms with E-state index in [9.17, 15) is 39.6 Å². The van der Waals surface area contributed by atoms with Crippen LogP contribution in [-0.4, -0.2) is 37.8 Å². The standard InChI is InChI=1S/C20H16F6INO4S/c1-10(19(21,22)23)32-17-4-3-13(33(2,30)31)7-14(17)18(29)28-8-11-5-15(20(24,25)26)16(27)6-12(11)9-28/h3-7,10H,8-9H2,1-2H3. The number of sulfone groups is 1. The van der Waals surface area contributed by atoms with Crippen LogP contribution in [-0.2, 0) is 29.1 Å². The summed E-state index contributed by atoms with van der Waals surface area (Å²) in [6, 6.07) is 5.10. The number of hydrogen-bond donors (Lipinski definition) is 0. The van der Waals surface area contributed by atoms with E-state index in [2.05, 4.69) is 0 Å². The molecule has 1 aliphatic rings. The summed E-state index contributed by atoms with van der Waals surface area (Å²) >= 11 is 1.54. The Labute approximate surface area is 198 Å². The third-order valence-electron chi connectivity index (χ3n) is 4.98. The molecule has 5 nitrogen and oxygen atoms in total. The largest absolute Gasteiger partial charge is 0.480 e. The number of carbonyl (C=O) groups is 1. The van der Waals surface area contributed by atoms with E-state index in [4.69, 9.17) is 4.74 Å². The average Bonchev–Trinajstić information content (AvgIpc) is 3.07. The molecule has 1 atom stereocenters. The maximum Gasteiger partial charge on any atom is 0.425 e. The Morgan fingerprint density at radius 2 is 1.64 bits per heavy atom. The monoisotopic (exact) mass is 607 g/mol. The summed E-state index contributed by atoms with van der Waals surface area (Å²) in [5.74, 6) is -1.36. The molecule has 0 aromatic heterocycles. The highest BCUT2D eigenvalue weighted by molar-refractivity contribution is 14.1. The Balaban J connectivity index is 1.99. The molecule has 2 aromatic carbocycles. The zero-order valence-electron chi connectivity index (χ0n) is 17.0. The SMILES string of the molecule is CC(Oc1ccc(S(C)(=O)=O)cc1C(=O)N1Cc2cc(I)c(C(F)(F)F)cc2C1)C(F)(F)F. The van der Waals surface area contributed by atoms with Crippen molar-refractivity contribution in [2.75, 3.05) is 6.26 Å². The normalized spacial score (nSPS) is 15.4. The minimum absolute atomic E-state index is 0.0600. The van der Waals surface area contributed by atoms with Gasteiger partial charge in [0, 0.05) is 22.9 Å². The highest BCUT2D eigenvalue weighted by Gasteiger charge is 2.39. The van der Waals surface area contributed by atoms with Crippen LogP contribution >= 0.6 is 22.6 Å². The van der Waals surface area contributed by atoms with Gasteiger partial charge >= 0.3 is 12.4 Å². The average molecular weight is 607 g/mol. The number of carbonyl (C=O) groups excluding carboxylic acids is 1. The number of alkyl halides is 6. The van der Waals surface area contributed by atoms with Gasteiger partial charge in [0.15, 0.2) is 15.9 Å². The fourth-order valence-electron chi connectivity index (χ4n) is 3.22. The van der Waals surface area contributed by atoms with Crippen LogP contribution in [0.3, 0.4) is 0 Å². The quantitative estimate of drug-likeness (QED) is 0.355. The lowest BCUT2D eigenvalue weighted by Crippen LogP contribution is -2.32. The number of amides is 1. The molecule has 2 aromatic rings. The van der Waals surface area contributed by atoms with E-state index >= 15 is 0 Å². The van der Waals surface area contributed by atoms with E-state index in [0.717, 1.165) is 42.3 Å². The zero-order chi connectivity index (χ0) is 24.9. The molecule has 0 spiro atoms. The van der Waals surface area contributed by atoms with Crippen LogP contribution in [0.2, 0.25) is 0 Å². The summed E-state index contributed by atoms with van der Waals surface area (Å²) in [5.41, 5.74) is -0.613. The molecule has 0 saturated carbocycles. The van der Waals surface area contributed by atoms with Crippen molar-refractivity contribution in [2.24, 2.45) is 0 Å². The lowest BCUT2D eigenvalue weighted by atomic mass is 10.1. The van der Waals surface area contributed by atoms with Crippen molar-refractivity contribution in [3.63, 3.8) is 0 Å². The van der Waals surface area contributed by atoms with E-state index < -0.39 is 51.1 Å². The maximum atomic E-state index is 13.2. The van der Waals surface area contributed by atoms with Gasteiger partial charge in [-0.3, -0.25) is 4.79 Å². The Hall–Kier alpha value is -2.03. The van der Waals surface area contributed by atoms with Crippen LogP contribution in [0, 0.1) is 3.57 Å². The van der Waals surface area contributed by atoms with Gasteiger partial charge in [0.25, 0.3) is 5.91 Å². The minimum Gasteiger partial charge on any atom is -0.480 e. The topological polar surface area (TPSA) is 63.7 Å². The number of nitrogens with zero attached hydrogens (tertiary/aromatic N) is 1. The van der Waals surface area contributed by atoms with Gasteiger partial charge in [-0.05, 0) is 71.0 Å². The maximum absolute atomic E-state index is 13.2. The fraction of sp³-hybridized carbons (Fsp3) is 0.350. The van der Waals surface area contributed by atoms with Crippen molar-refractivity contribution in [1.29, 1.82) is 0 Å². The number of hydrogen-bond acceptors (Lipinski definition) is 4. The molecule has 0 radical (unpaired) electrons. The number of rotatable bonds is 4. The molecule has 1 aliphatic heterocycles. The van der Waals surface area contributed by atoms with Crippen molar-refractivity contribution in [2.45, 2.75) is 43.4 Å². The molecule has 0 saturated heterocycles. The van der Waals surface area contributed by atoms with Crippen LogP contribution < -0.4 is 4.74 Å². The van der Waals surface area contributed by atoms with Crippen LogP contribution in [0.15, 0.2) is 35.2 Å². The number of benzene rings is 2. The second-order valence-corrected chi connectivity index (χ2v) is 10.7. The predicted octanol–water partition coefficient (Wildman–Crippen LogP) is 5.20. The molecule has 1 unspecified atom stereocenters. The molecule has 33 heavy (non-hydrogen) atoms. The van der Waals surface area contributed by atoms with E-state index in [1.54, 1.807) is 0 Å². The van der Waals surface area contributed by atoms with E-state index in [0.29, 0.717) is 5.56 Å². The molecular formula is C20H16F6INO4S. The zero-order valence-corrected chi connectivity index (χ0v) is 20.0. The van der Waals surface area contributed by atoms with Crippen LogP contribution in [0.25, 0.3) is 0 Å². The Kier molecular flexibility index (Phi) is 6.70. The molecule has 1 amide bonds. The van der Waals surface area contributed by atoms with Gasteiger partial charge in [0.2, 0.25) is 0 Å². The van der Waals surface area contributed by atoms with Crippen LogP contribution in [0.1, 0.15) is 34.0 Å². The molecule has 1 heterocycles. The Morgan fingerprint density at radius 1 is 1.06 bits per heavy atom. The highest BCUT2D eigenvalue weighted by atomic mass is 127. The highest BCUT2D eigenvalue weighted by Crippen LogP contribution is 2.38. The Bertz CT molecular complexity index is 1210. The van der Waals surface area contributed by atoms with Crippen molar-refractivity contribution in [3.8, 4) is 5.75 Å². The molecule has 0 fully saturated rings. The second-order valence-electron chi connectivity index (χ2n) is 7.49. The van der Waals surface area contributed by atoms with Gasteiger partial charge in [-0.25, -0.2) is 8.42 Å². The first kappa shape index (κ1) is 25.6. The summed E-state index contributed by atoms with van der Waals surface area (Å²) < 4.78 is 107. The first-order chi connectivity index (χ1) is 15.0. The lowest BCUT2D eigenvalue weighted by molar-refractivity contribution is -0.189. The van der Waals surface area contributed by atoms with Crippen LogP contribution in [0.4, 0.5) is 26.3 Å². The third kappa shape index (κ3) is 5.55. The van der Waals surface area contributed by atoms with Crippen molar-refractivity contribution < 1.29 is 44.3 Å². The lowest BCUT2D eigenvalue weighted by Gasteiger charge is -2.22. The van der Waals surface area contributed by atoms with Crippen molar-refractivity contribution in [1.82, 2.24) is 4.90 Å². The third-order valence-corrected chi connectivity index (χ3v) is 6.98. The summed E-state index contributed by atoms with van der Waals surface area (Å²) in [4.78, 5) is 14.0. The molecule has 0 aliphatic carbocycles. The van der Waals surface area contributed by atoms with Gasteiger partial charge in [0.1, 0.15) is 5.75 Å². The van der Waals surface area contributed by atoms with Gasteiger partial charge in [0.05, 0.1) is 16.0 Å². The van der Waals surface area contributed by atoms with Gasteiger partial charge in [-0.15, -0.1) is 0 Å².